The van der Waals surface area contributed by atoms with Crippen molar-refractivity contribution in [3.8, 4) is 0 Å². The van der Waals surface area contributed by atoms with Crippen molar-refractivity contribution in [1.29, 1.82) is 0 Å². The Kier molecular flexibility index (Phi) is 4.59. The molecule has 3 nitrogen and oxygen atoms in total. The van der Waals surface area contributed by atoms with Crippen molar-refractivity contribution in [2.24, 2.45) is 0 Å². The molecule has 1 aromatic carbocycles. The van der Waals surface area contributed by atoms with Gasteiger partial charge in [0.1, 0.15) is 0 Å². The molecule has 0 bridgehead atoms. The maximum Gasteiger partial charge on any atom is 0.0838 e. The van der Waals surface area contributed by atoms with Crippen LogP contribution in [0, 0.1) is 6.92 Å². The minimum atomic E-state index is -0.333. The molecule has 3 heteroatoms. The van der Waals surface area contributed by atoms with Crippen molar-refractivity contribution >= 4 is 5.69 Å². The second kappa shape index (κ2) is 5.73. The maximum absolute atomic E-state index is 9.65. The zero-order valence-electron chi connectivity index (χ0n) is 9.70. The van der Waals surface area contributed by atoms with Gasteiger partial charge in [-0.25, -0.2) is 0 Å². The van der Waals surface area contributed by atoms with Crippen LogP contribution in [0.3, 0.4) is 0 Å². The van der Waals surface area contributed by atoms with Crippen LogP contribution >= 0.6 is 0 Å². The van der Waals surface area contributed by atoms with E-state index in [9.17, 15) is 5.11 Å². The summed E-state index contributed by atoms with van der Waals surface area (Å²) in [6.07, 6.45) is -0.333. The molecule has 0 aromatic heterocycles. The third kappa shape index (κ3) is 4.81. The number of aliphatic hydroxyl groups is 1. The molecule has 1 unspecified atom stereocenters. The van der Waals surface area contributed by atoms with E-state index in [2.05, 4.69) is 24.4 Å². The van der Waals surface area contributed by atoms with Gasteiger partial charge in [0.2, 0.25) is 0 Å². The topological polar surface area (TPSA) is 35.5 Å². The molecule has 15 heavy (non-hydrogen) atoms. The van der Waals surface area contributed by atoms with Gasteiger partial charge in [-0.3, -0.25) is 0 Å². The SMILES string of the molecule is Cc1cccc(NCC(O)CN(C)C)c1. The van der Waals surface area contributed by atoms with Crippen LogP contribution in [0.25, 0.3) is 0 Å². The van der Waals surface area contributed by atoms with Crippen LogP contribution < -0.4 is 5.32 Å². The number of rotatable bonds is 5. The van der Waals surface area contributed by atoms with Crippen LogP contribution in [0.4, 0.5) is 5.69 Å². The third-order valence-electron chi connectivity index (χ3n) is 2.14. The van der Waals surface area contributed by atoms with E-state index in [-0.39, 0.29) is 6.10 Å². The summed E-state index contributed by atoms with van der Waals surface area (Å²) >= 11 is 0. The van der Waals surface area contributed by atoms with E-state index in [1.54, 1.807) is 0 Å². The fourth-order valence-electron chi connectivity index (χ4n) is 1.48. The second-order valence-electron chi connectivity index (χ2n) is 4.17. The molecular formula is C12H20N2O. The molecule has 0 aliphatic heterocycles. The van der Waals surface area contributed by atoms with Crippen LogP contribution in [-0.2, 0) is 0 Å². The van der Waals surface area contributed by atoms with Crippen molar-refractivity contribution in [3.63, 3.8) is 0 Å². The zero-order chi connectivity index (χ0) is 11.3. The third-order valence-corrected chi connectivity index (χ3v) is 2.14. The Morgan fingerprint density at radius 2 is 2.13 bits per heavy atom. The van der Waals surface area contributed by atoms with Gasteiger partial charge in [0.15, 0.2) is 0 Å². The highest BCUT2D eigenvalue weighted by Crippen LogP contribution is 2.09. The first-order valence-electron chi connectivity index (χ1n) is 5.21. The molecule has 84 valence electrons. The standard InChI is InChI=1S/C12H20N2O/c1-10-5-4-6-11(7-10)13-8-12(15)9-14(2)3/h4-7,12-13,15H,8-9H2,1-3H3. The van der Waals surface area contributed by atoms with Crippen molar-refractivity contribution in [3.05, 3.63) is 29.8 Å². The molecule has 0 saturated heterocycles. The number of nitrogens with one attached hydrogen (secondary N) is 1. The van der Waals surface area contributed by atoms with E-state index in [0.29, 0.717) is 13.1 Å². The molecule has 0 heterocycles. The molecule has 1 atom stereocenters. The van der Waals surface area contributed by atoms with Crippen LogP contribution in [0.5, 0.6) is 0 Å². The van der Waals surface area contributed by atoms with Crippen molar-refractivity contribution in [2.75, 3.05) is 32.5 Å². The summed E-state index contributed by atoms with van der Waals surface area (Å²) in [5, 5.41) is 12.9. The maximum atomic E-state index is 9.65. The number of nitrogens with zero attached hydrogens (tertiary/aromatic N) is 1. The lowest BCUT2D eigenvalue weighted by molar-refractivity contribution is 0.148. The lowest BCUT2D eigenvalue weighted by Crippen LogP contribution is -2.31. The van der Waals surface area contributed by atoms with E-state index in [1.165, 1.54) is 5.56 Å². The van der Waals surface area contributed by atoms with Gasteiger partial charge in [0.05, 0.1) is 6.10 Å². The molecule has 2 N–H and O–H groups in total. The Bertz CT molecular complexity index is 299. The molecule has 0 spiro atoms. The average Bonchev–Trinajstić information content (AvgIpc) is 2.14. The Hall–Kier alpha value is -1.06. The van der Waals surface area contributed by atoms with Gasteiger partial charge in [-0.15, -0.1) is 0 Å². The summed E-state index contributed by atoms with van der Waals surface area (Å²) in [6.45, 7) is 3.32. The highest BCUT2D eigenvalue weighted by molar-refractivity contribution is 5.45. The highest BCUT2D eigenvalue weighted by atomic mass is 16.3. The number of hydrogen-bond donors (Lipinski definition) is 2. The molecule has 0 aliphatic carbocycles. The number of aliphatic hydroxyl groups excluding tert-OH is 1. The van der Waals surface area contributed by atoms with Crippen molar-refractivity contribution in [2.45, 2.75) is 13.0 Å². The van der Waals surface area contributed by atoms with Crippen LogP contribution in [0.15, 0.2) is 24.3 Å². The number of anilines is 1. The van der Waals surface area contributed by atoms with Crippen molar-refractivity contribution < 1.29 is 5.11 Å². The summed E-state index contributed by atoms with van der Waals surface area (Å²) < 4.78 is 0. The molecule has 0 fully saturated rings. The molecule has 0 radical (unpaired) electrons. The molecule has 0 amide bonds. The fraction of sp³-hybridized carbons (Fsp3) is 0.500. The Balaban J connectivity index is 2.36. The van der Waals surface area contributed by atoms with Gasteiger partial charge in [0.25, 0.3) is 0 Å². The summed E-state index contributed by atoms with van der Waals surface area (Å²) in [6, 6.07) is 8.15. The smallest absolute Gasteiger partial charge is 0.0838 e. The Morgan fingerprint density at radius 3 is 2.73 bits per heavy atom. The number of aryl methyl sites for hydroxylation is 1. The van der Waals surface area contributed by atoms with E-state index < -0.39 is 0 Å². The summed E-state index contributed by atoms with van der Waals surface area (Å²) in [7, 11) is 3.91. The van der Waals surface area contributed by atoms with Gasteiger partial charge in [0, 0.05) is 18.8 Å². The average molecular weight is 208 g/mol. The monoisotopic (exact) mass is 208 g/mol. The summed E-state index contributed by atoms with van der Waals surface area (Å²) in [5.41, 5.74) is 2.29. The molecule has 0 aliphatic rings. The van der Waals surface area contributed by atoms with Crippen LogP contribution in [0.1, 0.15) is 5.56 Å². The second-order valence-corrected chi connectivity index (χ2v) is 4.17. The Labute approximate surface area is 91.7 Å². The van der Waals surface area contributed by atoms with Gasteiger partial charge in [-0.1, -0.05) is 12.1 Å². The minimum absolute atomic E-state index is 0.333. The normalized spacial score (nSPS) is 12.9. The first kappa shape index (κ1) is 12.0. The summed E-state index contributed by atoms with van der Waals surface area (Å²) in [5.74, 6) is 0. The van der Waals surface area contributed by atoms with E-state index in [4.69, 9.17) is 0 Å². The molecule has 0 saturated carbocycles. The molecular weight excluding hydrogens is 188 g/mol. The van der Waals surface area contributed by atoms with Gasteiger partial charge < -0.3 is 15.3 Å². The zero-order valence-corrected chi connectivity index (χ0v) is 9.70. The largest absolute Gasteiger partial charge is 0.390 e. The number of benzene rings is 1. The first-order chi connectivity index (χ1) is 7.08. The first-order valence-corrected chi connectivity index (χ1v) is 5.21. The molecule has 1 aromatic rings. The van der Waals surface area contributed by atoms with Crippen LogP contribution in [0.2, 0.25) is 0 Å². The minimum Gasteiger partial charge on any atom is -0.390 e. The van der Waals surface area contributed by atoms with Crippen LogP contribution in [-0.4, -0.2) is 43.3 Å². The van der Waals surface area contributed by atoms with Crippen molar-refractivity contribution in [1.82, 2.24) is 4.90 Å². The fourth-order valence-corrected chi connectivity index (χ4v) is 1.48. The van der Waals surface area contributed by atoms with E-state index in [0.717, 1.165) is 5.69 Å². The Morgan fingerprint density at radius 1 is 1.40 bits per heavy atom. The predicted molar refractivity (Wildman–Crippen MR) is 64.2 cm³/mol. The number of hydrogen-bond acceptors (Lipinski definition) is 3. The van der Waals surface area contributed by atoms with E-state index >= 15 is 0 Å². The molecule has 1 rings (SSSR count). The summed E-state index contributed by atoms with van der Waals surface area (Å²) in [4.78, 5) is 1.97. The highest BCUT2D eigenvalue weighted by Gasteiger charge is 2.04. The van der Waals surface area contributed by atoms with Gasteiger partial charge in [-0.2, -0.15) is 0 Å². The van der Waals surface area contributed by atoms with Gasteiger partial charge >= 0.3 is 0 Å². The number of likely N-dealkylation sites (N-methyl/N-ethyl adjacent to an activating group) is 1. The lowest BCUT2D eigenvalue weighted by atomic mass is 10.2. The van der Waals surface area contributed by atoms with E-state index in [1.807, 2.05) is 31.1 Å². The van der Waals surface area contributed by atoms with Gasteiger partial charge in [-0.05, 0) is 38.7 Å². The lowest BCUT2D eigenvalue weighted by Gasteiger charge is -2.17. The predicted octanol–water partition coefficient (Wildman–Crippen LogP) is 1.33. The quantitative estimate of drug-likeness (QED) is 0.766.